The van der Waals surface area contributed by atoms with E-state index < -0.39 is 0 Å². The summed E-state index contributed by atoms with van der Waals surface area (Å²) in [6.07, 6.45) is 1.38. The third kappa shape index (κ3) is 4.04. The number of nitrogen functional groups attached to an aromatic ring is 1. The largest absolute Gasteiger partial charge is 0.495 e. The minimum absolute atomic E-state index is 0.306. The lowest BCUT2D eigenvalue weighted by atomic mass is 10.2. The second-order valence-corrected chi connectivity index (χ2v) is 6.48. The zero-order valence-electron chi connectivity index (χ0n) is 13.6. The van der Waals surface area contributed by atoms with Gasteiger partial charge in [-0.05, 0) is 36.4 Å². The first-order chi connectivity index (χ1) is 12.5. The van der Waals surface area contributed by atoms with Gasteiger partial charge in [0.1, 0.15) is 17.8 Å². The van der Waals surface area contributed by atoms with Crippen molar-refractivity contribution in [3.8, 4) is 5.75 Å². The molecule has 0 saturated heterocycles. The molecule has 6 nitrogen and oxygen atoms in total. The molecule has 1 heterocycles. The van der Waals surface area contributed by atoms with Crippen LogP contribution in [0.15, 0.2) is 42.7 Å². The number of rotatable bonds is 5. The molecule has 0 fully saturated rings. The summed E-state index contributed by atoms with van der Waals surface area (Å²) in [5.74, 6) is 1.39. The molecule has 0 radical (unpaired) electrons. The average molecular weight is 411 g/mol. The monoisotopic (exact) mass is 409 g/mol. The van der Waals surface area contributed by atoms with E-state index in [4.69, 9.17) is 45.3 Å². The third-order valence-electron chi connectivity index (χ3n) is 3.48. The Hall–Kier alpha value is -2.41. The fourth-order valence-electron chi connectivity index (χ4n) is 2.22. The molecule has 3 rings (SSSR count). The molecule has 0 aliphatic carbocycles. The van der Waals surface area contributed by atoms with Crippen LogP contribution in [0, 0.1) is 0 Å². The molecule has 0 atom stereocenters. The molecule has 9 heteroatoms. The van der Waals surface area contributed by atoms with E-state index >= 15 is 0 Å². The van der Waals surface area contributed by atoms with Gasteiger partial charge in [-0.2, -0.15) is 0 Å². The number of benzene rings is 2. The molecule has 0 aliphatic heterocycles. The lowest BCUT2D eigenvalue weighted by Gasteiger charge is -2.15. The van der Waals surface area contributed by atoms with Crippen LogP contribution in [0.2, 0.25) is 15.1 Å². The lowest BCUT2D eigenvalue weighted by Crippen LogP contribution is -2.06. The SMILES string of the molecule is COc1ccc(Cl)cc1Nc1ncnc(Nc2ccc(Cl)cc2Cl)c1N. The van der Waals surface area contributed by atoms with Gasteiger partial charge in [-0.1, -0.05) is 34.8 Å². The second-order valence-electron chi connectivity index (χ2n) is 5.20. The zero-order valence-corrected chi connectivity index (χ0v) is 15.8. The Balaban J connectivity index is 1.91. The highest BCUT2D eigenvalue weighted by Crippen LogP contribution is 2.35. The summed E-state index contributed by atoms with van der Waals surface area (Å²) in [4.78, 5) is 8.34. The van der Waals surface area contributed by atoms with Gasteiger partial charge in [0, 0.05) is 10.0 Å². The maximum Gasteiger partial charge on any atom is 0.159 e. The quantitative estimate of drug-likeness (QED) is 0.514. The van der Waals surface area contributed by atoms with E-state index in [0.717, 1.165) is 0 Å². The van der Waals surface area contributed by atoms with Crippen molar-refractivity contribution < 1.29 is 4.74 Å². The van der Waals surface area contributed by atoms with Crippen molar-refractivity contribution in [3.05, 3.63) is 57.8 Å². The van der Waals surface area contributed by atoms with Gasteiger partial charge in [0.05, 0.1) is 23.5 Å². The topological polar surface area (TPSA) is 85.1 Å². The molecule has 134 valence electrons. The smallest absolute Gasteiger partial charge is 0.159 e. The van der Waals surface area contributed by atoms with Gasteiger partial charge in [0.2, 0.25) is 0 Å². The van der Waals surface area contributed by atoms with Crippen LogP contribution >= 0.6 is 34.8 Å². The molecule has 0 saturated carbocycles. The summed E-state index contributed by atoms with van der Waals surface area (Å²) in [5.41, 5.74) is 7.75. The van der Waals surface area contributed by atoms with Crippen molar-refractivity contribution >= 4 is 63.5 Å². The standard InChI is InChI=1S/C17H14Cl3N5O/c1-26-14-5-3-10(19)7-13(14)25-17-15(21)16(22-8-23-17)24-12-4-2-9(18)6-11(12)20/h2-8H,21H2,1H3,(H2,22,23,24,25). The van der Waals surface area contributed by atoms with E-state index in [0.29, 0.717) is 49.5 Å². The van der Waals surface area contributed by atoms with Crippen molar-refractivity contribution in [2.24, 2.45) is 0 Å². The number of methoxy groups -OCH3 is 1. The molecule has 0 bridgehead atoms. The number of nitrogens with two attached hydrogens (primary N) is 1. The molecular formula is C17H14Cl3N5O. The van der Waals surface area contributed by atoms with Crippen LogP contribution < -0.4 is 21.1 Å². The highest BCUT2D eigenvalue weighted by Gasteiger charge is 2.12. The number of ether oxygens (including phenoxy) is 1. The van der Waals surface area contributed by atoms with E-state index in [1.807, 2.05) is 0 Å². The molecule has 0 amide bonds. The van der Waals surface area contributed by atoms with Crippen molar-refractivity contribution in [3.63, 3.8) is 0 Å². The zero-order chi connectivity index (χ0) is 18.7. The normalized spacial score (nSPS) is 10.5. The highest BCUT2D eigenvalue weighted by molar-refractivity contribution is 6.36. The van der Waals surface area contributed by atoms with Gasteiger partial charge in [-0.25, -0.2) is 9.97 Å². The van der Waals surface area contributed by atoms with Crippen LogP contribution in [-0.2, 0) is 0 Å². The minimum atomic E-state index is 0.306. The number of hydrogen-bond donors (Lipinski definition) is 3. The fourth-order valence-corrected chi connectivity index (χ4v) is 2.85. The first kappa shape index (κ1) is 18.4. The summed E-state index contributed by atoms with van der Waals surface area (Å²) in [7, 11) is 1.56. The first-order valence-electron chi connectivity index (χ1n) is 7.41. The van der Waals surface area contributed by atoms with E-state index in [-0.39, 0.29) is 0 Å². The van der Waals surface area contributed by atoms with Crippen LogP contribution in [0.4, 0.5) is 28.7 Å². The van der Waals surface area contributed by atoms with Crippen LogP contribution in [-0.4, -0.2) is 17.1 Å². The van der Waals surface area contributed by atoms with E-state index in [9.17, 15) is 0 Å². The minimum Gasteiger partial charge on any atom is -0.495 e. The van der Waals surface area contributed by atoms with Crippen LogP contribution in [0.3, 0.4) is 0 Å². The Kier molecular flexibility index (Phi) is 5.56. The number of nitrogens with zero attached hydrogens (tertiary/aromatic N) is 2. The molecule has 3 aromatic rings. The average Bonchev–Trinajstić information content (AvgIpc) is 2.61. The first-order valence-corrected chi connectivity index (χ1v) is 8.54. The molecule has 0 unspecified atom stereocenters. The summed E-state index contributed by atoms with van der Waals surface area (Å²) in [5, 5.41) is 7.70. The number of halogens is 3. The van der Waals surface area contributed by atoms with E-state index in [1.54, 1.807) is 43.5 Å². The number of hydrogen-bond acceptors (Lipinski definition) is 6. The Morgan fingerprint density at radius 3 is 2.15 bits per heavy atom. The van der Waals surface area contributed by atoms with Gasteiger partial charge >= 0.3 is 0 Å². The van der Waals surface area contributed by atoms with Crippen LogP contribution in [0.5, 0.6) is 5.75 Å². The number of aromatic nitrogens is 2. The fraction of sp³-hybridized carbons (Fsp3) is 0.0588. The summed E-state index contributed by atoms with van der Waals surface area (Å²) >= 11 is 18.1. The molecule has 0 aliphatic rings. The van der Waals surface area contributed by atoms with Crippen LogP contribution in [0.1, 0.15) is 0 Å². The predicted molar refractivity (Wildman–Crippen MR) is 107 cm³/mol. The Bertz CT molecular complexity index is 952. The molecule has 0 spiro atoms. The Morgan fingerprint density at radius 2 is 1.50 bits per heavy atom. The third-order valence-corrected chi connectivity index (χ3v) is 4.27. The van der Waals surface area contributed by atoms with Gasteiger partial charge < -0.3 is 21.1 Å². The second kappa shape index (κ2) is 7.86. The molecule has 2 aromatic carbocycles. The maximum absolute atomic E-state index is 6.20. The Morgan fingerprint density at radius 1 is 0.885 bits per heavy atom. The molecule has 26 heavy (non-hydrogen) atoms. The van der Waals surface area contributed by atoms with Gasteiger partial charge in [-0.15, -0.1) is 0 Å². The van der Waals surface area contributed by atoms with E-state index in [1.165, 1.54) is 6.33 Å². The van der Waals surface area contributed by atoms with Gasteiger partial charge in [0.15, 0.2) is 11.6 Å². The maximum atomic E-state index is 6.20. The van der Waals surface area contributed by atoms with Gasteiger partial charge in [-0.3, -0.25) is 0 Å². The molecular weight excluding hydrogens is 397 g/mol. The summed E-state index contributed by atoms with van der Waals surface area (Å²) < 4.78 is 5.31. The predicted octanol–water partition coefficient (Wildman–Crippen LogP) is 5.51. The Labute approximate surface area is 165 Å². The summed E-state index contributed by atoms with van der Waals surface area (Å²) in [6.45, 7) is 0. The van der Waals surface area contributed by atoms with Crippen molar-refractivity contribution in [1.82, 2.24) is 9.97 Å². The van der Waals surface area contributed by atoms with Crippen molar-refractivity contribution in [2.45, 2.75) is 0 Å². The number of anilines is 5. The highest BCUT2D eigenvalue weighted by atomic mass is 35.5. The molecule has 4 N–H and O–H groups in total. The van der Waals surface area contributed by atoms with Crippen molar-refractivity contribution in [2.75, 3.05) is 23.5 Å². The van der Waals surface area contributed by atoms with Gasteiger partial charge in [0.25, 0.3) is 0 Å². The number of nitrogens with one attached hydrogen (secondary N) is 2. The van der Waals surface area contributed by atoms with Crippen LogP contribution in [0.25, 0.3) is 0 Å². The summed E-state index contributed by atoms with van der Waals surface area (Å²) in [6, 6.07) is 10.3. The van der Waals surface area contributed by atoms with E-state index in [2.05, 4.69) is 20.6 Å². The lowest BCUT2D eigenvalue weighted by molar-refractivity contribution is 0.417. The molecule has 1 aromatic heterocycles. The van der Waals surface area contributed by atoms with Crippen molar-refractivity contribution in [1.29, 1.82) is 0 Å².